The lowest BCUT2D eigenvalue weighted by atomic mass is 10.1. The lowest BCUT2D eigenvalue weighted by Gasteiger charge is -2.15. The van der Waals surface area contributed by atoms with Crippen LogP contribution in [0.3, 0.4) is 0 Å². The summed E-state index contributed by atoms with van der Waals surface area (Å²) in [4.78, 5) is 12.3. The van der Waals surface area contributed by atoms with Crippen molar-refractivity contribution in [3.05, 3.63) is 59.7 Å². The van der Waals surface area contributed by atoms with Gasteiger partial charge in [-0.05, 0) is 17.7 Å². The van der Waals surface area contributed by atoms with Crippen LogP contribution in [0.15, 0.2) is 48.5 Å². The summed E-state index contributed by atoms with van der Waals surface area (Å²) in [5, 5.41) is 12.8. The molecule has 0 radical (unpaired) electrons. The van der Waals surface area contributed by atoms with Crippen molar-refractivity contribution in [1.82, 2.24) is 5.32 Å². The van der Waals surface area contributed by atoms with E-state index in [-0.39, 0.29) is 12.5 Å². The maximum absolute atomic E-state index is 12.3. The van der Waals surface area contributed by atoms with Gasteiger partial charge in [-0.3, -0.25) is 4.79 Å². The Bertz CT molecular complexity index is 643. The molecule has 0 spiro atoms. The Hall–Kier alpha value is -2.53. The Morgan fingerprint density at radius 2 is 1.83 bits per heavy atom. The topological polar surface area (TPSA) is 67.8 Å². The molecule has 1 amide bonds. The summed E-state index contributed by atoms with van der Waals surface area (Å²) in [7, 11) is 3.00. The number of aliphatic hydroxyl groups is 1. The second-order valence-corrected chi connectivity index (χ2v) is 5.09. The van der Waals surface area contributed by atoms with Crippen LogP contribution in [-0.2, 0) is 6.42 Å². The van der Waals surface area contributed by atoms with E-state index in [1.165, 1.54) is 14.2 Å². The van der Waals surface area contributed by atoms with Crippen LogP contribution < -0.4 is 14.8 Å². The van der Waals surface area contributed by atoms with Gasteiger partial charge in [-0.1, -0.05) is 36.4 Å². The number of amides is 1. The zero-order valence-electron chi connectivity index (χ0n) is 13.3. The highest BCUT2D eigenvalue weighted by molar-refractivity contribution is 5.97. The quantitative estimate of drug-likeness (QED) is 0.820. The molecule has 1 unspecified atom stereocenters. The molecule has 5 nitrogen and oxygen atoms in total. The third-order valence-corrected chi connectivity index (χ3v) is 3.46. The molecule has 0 fully saturated rings. The zero-order chi connectivity index (χ0) is 16.7. The van der Waals surface area contributed by atoms with Crippen molar-refractivity contribution < 1.29 is 19.4 Å². The SMILES string of the molecule is COc1cccc(C(=O)NCC(O)Cc2ccccc2)c1OC. The van der Waals surface area contributed by atoms with Crippen molar-refractivity contribution in [2.45, 2.75) is 12.5 Å². The van der Waals surface area contributed by atoms with Crippen LogP contribution in [0.25, 0.3) is 0 Å². The summed E-state index contributed by atoms with van der Waals surface area (Å²) in [6.45, 7) is 0.161. The molecule has 0 aliphatic heterocycles. The molecule has 0 bridgehead atoms. The largest absolute Gasteiger partial charge is 0.493 e. The van der Waals surface area contributed by atoms with Gasteiger partial charge in [0.05, 0.1) is 25.9 Å². The number of nitrogens with one attached hydrogen (secondary N) is 1. The van der Waals surface area contributed by atoms with Gasteiger partial charge >= 0.3 is 0 Å². The minimum atomic E-state index is -0.655. The third-order valence-electron chi connectivity index (χ3n) is 3.46. The van der Waals surface area contributed by atoms with Crippen molar-refractivity contribution in [2.24, 2.45) is 0 Å². The minimum Gasteiger partial charge on any atom is -0.493 e. The standard InChI is InChI=1S/C18H21NO4/c1-22-16-10-6-9-15(17(16)23-2)18(21)19-12-14(20)11-13-7-4-3-5-8-13/h3-10,14,20H,11-12H2,1-2H3,(H,19,21). The fourth-order valence-corrected chi connectivity index (χ4v) is 2.33. The average molecular weight is 315 g/mol. The molecule has 0 saturated carbocycles. The number of rotatable bonds is 7. The monoisotopic (exact) mass is 315 g/mol. The molecule has 5 heteroatoms. The average Bonchev–Trinajstić information content (AvgIpc) is 2.59. The summed E-state index contributed by atoms with van der Waals surface area (Å²) in [5.41, 5.74) is 1.40. The maximum atomic E-state index is 12.3. The van der Waals surface area contributed by atoms with Gasteiger partial charge in [-0.25, -0.2) is 0 Å². The van der Waals surface area contributed by atoms with Crippen LogP contribution in [0.1, 0.15) is 15.9 Å². The first-order valence-corrected chi connectivity index (χ1v) is 7.37. The first-order chi connectivity index (χ1) is 11.2. The number of carbonyl (C=O) groups excluding carboxylic acids is 1. The third kappa shape index (κ3) is 4.47. The minimum absolute atomic E-state index is 0.161. The molecular weight excluding hydrogens is 294 g/mol. The molecule has 122 valence electrons. The second kappa shape index (κ2) is 8.19. The Balaban J connectivity index is 1.97. The number of aliphatic hydroxyl groups excluding tert-OH is 1. The van der Waals surface area contributed by atoms with Gasteiger partial charge in [0.15, 0.2) is 11.5 Å². The molecule has 2 rings (SSSR count). The van der Waals surface area contributed by atoms with Gasteiger partial charge in [-0.2, -0.15) is 0 Å². The number of hydrogen-bond acceptors (Lipinski definition) is 4. The van der Waals surface area contributed by atoms with Gasteiger partial charge in [0.25, 0.3) is 5.91 Å². The smallest absolute Gasteiger partial charge is 0.255 e. The summed E-state index contributed by atoms with van der Waals surface area (Å²) < 4.78 is 10.4. The molecule has 0 saturated heterocycles. The fourth-order valence-electron chi connectivity index (χ4n) is 2.33. The molecule has 2 N–H and O–H groups in total. The summed E-state index contributed by atoms with van der Waals surface area (Å²) in [6.07, 6.45) is -0.172. The van der Waals surface area contributed by atoms with Crippen LogP contribution in [0.2, 0.25) is 0 Å². The molecular formula is C18H21NO4. The van der Waals surface area contributed by atoms with Crippen LogP contribution >= 0.6 is 0 Å². The van der Waals surface area contributed by atoms with E-state index in [2.05, 4.69) is 5.32 Å². The number of carbonyl (C=O) groups is 1. The number of hydrogen-bond donors (Lipinski definition) is 2. The molecule has 0 aliphatic carbocycles. The van der Waals surface area contributed by atoms with E-state index in [0.717, 1.165) is 5.56 Å². The van der Waals surface area contributed by atoms with Crippen molar-refractivity contribution in [1.29, 1.82) is 0 Å². The van der Waals surface area contributed by atoms with Gasteiger partial charge in [0.1, 0.15) is 0 Å². The number of ether oxygens (including phenoxy) is 2. The van der Waals surface area contributed by atoms with Gasteiger partial charge in [0.2, 0.25) is 0 Å². The lowest BCUT2D eigenvalue weighted by Crippen LogP contribution is -2.33. The highest BCUT2D eigenvalue weighted by atomic mass is 16.5. The van der Waals surface area contributed by atoms with E-state index in [1.807, 2.05) is 30.3 Å². The predicted octanol–water partition coefficient (Wildman–Crippen LogP) is 2.04. The highest BCUT2D eigenvalue weighted by Gasteiger charge is 2.17. The maximum Gasteiger partial charge on any atom is 0.255 e. The van der Waals surface area contributed by atoms with Crippen LogP contribution in [0.4, 0.5) is 0 Å². The fraction of sp³-hybridized carbons (Fsp3) is 0.278. The van der Waals surface area contributed by atoms with Gasteiger partial charge in [-0.15, -0.1) is 0 Å². The highest BCUT2D eigenvalue weighted by Crippen LogP contribution is 2.30. The molecule has 1 atom stereocenters. The number of methoxy groups -OCH3 is 2. The number of para-hydroxylation sites is 1. The predicted molar refractivity (Wildman–Crippen MR) is 88.0 cm³/mol. The Labute approximate surface area is 135 Å². The summed E-state index contributed by atoms with van der Waals surface area (Å²) in [6, 6.07) is 14.7. The van der Waals surface area contributed by atoms with Gasteiger partial charge < -0.3 is 19.9 Å². The van der Waals surface area contributed by atoms with Crippen molar-refractivity contribution >= 4 is 5.91 Å². The Morgan fingerprint density at radius 1 is 1.09 bits per heavy atom. The van der Waals surface area contributed by atoms with E-state index in [4.69, 9.17) is 9.47 Å². The van der Waals surface area contributed by atoms with Crippen molar-refractivity contribution in [2.75, 3.05) is 20.8 Å². The molecule has 2 aromatic rings. The van der Waals surface area contributed by atoms with Crippen LogP contribution in [0, 0.1) is 0 Å². The molecule has 0 aliphatic rings. The van der Waals surface area contributed by atoms with E-state index in [9.17, 15) is 9.90 Å². The van der Waals surface area contributed by atoms with Gasteiger partial charge in [0, 0.05) is 13.0 Å². The molecule has 0 heterocycles. The van der Waals surface area contributed by atoms with Crippen molar-refractivity contribution in [3.8, 4) is 11.5 Å². The van der Waals surface area contributed by atoms with E-state index in [0.29, 0.717) is 23.5 Å². The van der Waals surface area contributed by atoms with E-state index >= 15 is 0 Å². The second-order valence-electron chi connectivity index (χ2n) is 5.09. The Kier molecular flexibility index (Phi) is 6.00. The number of benzene rings is 2. The molecule has 2 aromatic carbocycles. The van der Waals surface area contributed by atoms with Crippen molar-refractivity contribution in [3.63, 3.8) is 0 Å². The zero-order valence-corrected chi connectivity index (χ0v) is 13.3. The molecule has 23 heavy (non-hydrogen) atoms. The molecule has 0 aromatic heterocycles. The summed E-state index contributed by atoms with van der Waals surface area (Å²) in [5.74, 6) is 0.558. The first-order valence-electron chi connectivity index (χ1n) is 7.37. The summed E-state index contributed by atoms with van der Waals surface area (Å²) >= 11 is 0. The normalized spacial score (nSPS) is 11.6. The Morgan fingerprint density at radius 3 is 2.48 bits per heavy atom. The van der Waals surface area contributed by atoms with E-state index < -0.39 is 6.10 Å². The van der Waals surface area contributed by atoms with Crippen LogP contribution in [0.5, 0.6) is 11.5 Å². The van der Waals surface area contributed by atoms with E-state index in [1.54, 1.807) is 18.2 Å². The first kappa shape index (κ1) is 16.8. The van der Waals surface area contributed by atoms with Crippen LogP contribution in [-0.4, -0.2) is 37.9 Å². The lowest BCUT2D eigenvalue weighted by molar-refractivity contribution is 0.0912.